The third kappa shape index (κ3) is 5.02. The Kier molecular flexibility index (Phi) is 6.30. The zero-order valence-corrected chi connectivity index (χ0v) is 19.3. The van der Waals surface area contributed by atoms with Crippen LogP contribution in [-0.4, -0.2) is 44.5 Å². The molecule has 4 rings (SSSR count). The van der Waals surface area contributed by atoms with E-state index in [4.69, 9.17) is 9.94 Å². The molecule has 3 N–H and O–H groups in total. The molecule has 10 nitrogen and oxygen atoms in total. The van der Waals surface area contributed by atoms with Crippen LogP contribution in [0, 0.1) is 0 Å². The number of carbonyl (C=O) groups is 3. The minimum absolute atomic E-state index is 0.122. The molecule has 0 saturated heterocycles. The number of fused-ring (bicyclic) bond motifs is 3. The maximum atomic E-state index is 12.9. The highest BCUT2D eigenvalue weighted by atomic mass is 16.6. The van der Waals surface area contributed by atoms with E-state index in [2.05, 4.69) is 15.5 Å². The number of hydrogen-bond acceptors (Lipinski definition) is 7. The number of carbonyl (C=O) groups excluding carboxylic acids is 3. The molecule has 0 spiro atoms. The molecule has 0 unspecified atom stereocenters. The monoisotopic (exact) mass is 473 g/mol. The van der Waals surface area contributed by atoms with Crippen molar-refractivity contribution in [3.63, 3.8) is 0 Å². The number of pyridine rings is 1. The summed E-state index contributed by atoms with van der Waals surface area (Å²) in [6.45, 7) is 5.38. The topological polar surface area (TPSA) is 135 Å². The van der Waals surface area contributed by atoms with Crippen LogP contribution in [0.15, 0.2) is 65.9 Å². The number of hydrazone groups is 1. The van der Waals surface area contributed by atoms with Crippen LogP contribution < -0.4 is 10.9 Å². The molecule has 0 bridgehead atoms. The lowest BCUT2D eigenvalue weighted by Gasteiger charge is -2.20. The van der Waals surface area contributed by atoms with E-state index in [0.29, 0.717) is 22.0 Å². The summed E-state index contributed by atoms with van der Waals surface area (Å²) < 4.78 is 7.01. The van der Waals surface area contributed by atoms with Crippen molar-refractivity contribution in [2.24, 2.45) is 5.10 Å². The van der Waals surface area contributed by atoms with Gasteiger partial charge in [-0.25, -0.2) is 25.3 Å². The molecule has 4 aromatic rings. The first kappa shape index (κ1) is 23.6. The van der Waals surface area contributed by atoms with Crippen LogP contribution in [0.25, 0.3) is 21.8 Å². The normalized spacial score (nSPS) is 11.7. The predicted octanol–water partition coefficient (Wildman–Crippen LogP) is 3.86. The standard InChI is InChI=1S/C25H23N5O5/c1-25(2,3)35-24(33)30-20-7-5-4-6-17(20)18-12-19(26-14-21(18)30)23(32)28-27-13-15-8-10-16(11-9-15)22(31)29-34/h4-14,34H,1-3H3,(H,28,32)(H,29,31)/b27-13+. The molecule has 0 saturated carbocycles. The fourth-order valence-electron chi connectivity index (χ4n) is 3.50. The minimum atomic E-state index is -0.675. The van der Waals surface area contributed by atoms with Gasteiger partial charge >= 0.3 is 6.09 Å². The average molecular weight is 473 g/mol. The third-order valence-electron chi connectivity index (χ3n) is 5.02. The zero-order chi connectivity index (χ0) is 25.2. The Labute approximate surface area is 200 Å². The molecule has 0 aliphatic carbocycles. The number of ether oxygens (including phenoxy) is 1. The van der Waals surface area contributed by atoms with Crippen LogP contribution >= 0.6 is 0 Å². The number of hydrogen-bond donors (Lipinski definition) is 3. The Balaban J connectivity index is 1.59. The zero-order valence-electron chi connectivity index (χ0n) is 19.3. The number of hydroxylamine groups is 1. The molecule has 0 atom stereocenters. The second-order valence-corrected chi connectivity index (χ2v) is 8.68. The first-order valence-electron chi connectivity index (χ1n) is 10.7. The van der Waals surface area contributed by atoms with E-state index < -0.39 is 23.5 Å². The lowest BCUT2D eigenvalue weighted by atomic mass is 10.1. The van der Waals surface area contributed by atoms with Crippen molar-refractivity contribution >= 4 is 45.9 Å². The van der Waals surface area contributed by atoms with Crippen LogP contribution in [0.2, 0.25) is 0 Å². The number of amides is 2. The molecule has 2 amide bonds. The maximum Gasteiger partial charge on any atom is 0.419 e. The van der Waals surface area contributed by atoms with Crippen molar-refractivity contribution in [1.82, 2.24) is 20.5 Å². The molecule has 0 aliphatic rings. The molecular weight excluding hydrogens is 450 g/mol. The van der Waals surface area contributed by atoms with Gasteiger partial charge < -0.3 is 4.74 Å². The van der Waals surface area contributed by atoms with Gasteiger partial charge in [0, 0.05) is 16.3 Å². The third-order valence-corrected chi connectivity index (χ3v) is 5.02. The van der Waals surface area contributed by atoms with Crippen molar-refractivity contribution in [2.45, 2.75) is 26.4 Å². The fraction of sp³-hybridized carbons (Fsp3) is 0.160. The molecule has 2 aromatic carbocycles. The minimum Gasteiger partial charge on any atom is -0.443 e. The van der Waals surface area contributed by atoms with Gasteiger partial charge in [0.25, 0.3) is 11.8 Å². The van der Waals surface area contributed by atoms with E-state index in [1.165, 1.54) is 29.1 Å². The van der Waals surface area contributed by atoms with Crippen LogP contribution in [0.5, 0.6) is 0 Å². The number of aromatic nitrogens is 2. The summed E-state index contributed by atoms with van der Waals surface area (Å²) in [5, 5.41) is 14.0. The summed E-state index contributed by atoms with van der Waals surface area (Å²) in [6.07, 6.45) is 2.34. The van der Waals surface area contributed by atoms with Gasteiger partial charge in [-0.3, -0.25) is 14.8 Å². The van der Waals surface area contributed by atoms with Crippen molar-refractivity contribution in [1.29, 1.82) is 0 Å². The first-order chi connectivity index (χ1) is 16.7. The fourth-order valence-corrected chi connectivity index (χ4v) is 3.50. The van der Waals surface area contributed by atoms with Crippen molar-refractivity contribution in [3.8, 4) is 0 Å². The number of benzene rings is 2. The van der Waals surface area contributed by atoms with E-state index in [-0.39, 0.29) is 11.3 Å². The number of nitrogens with one attached hydrogen (secondary N) is 2. The van der Waals surface area contributed by atoms with Crippen LogP contribution in [-0.2, 0) is 4.74 Å². The summed E-state index contributed by atoms with van der Waals surface area (Å²) in [5.74, 6) is -1.16. The van der Waals surface area contributed by atoms with Gasteiger partial charge in [-0.15, -0.1) is 0 Å². The van der Waals surface area contributed by atoms with Gasteiger partial charge in [-0.1, -0.05) is 30.3 Å². The molecular formula is C25H23N5O5. The smallest absolute Gasteiger partial charge is 0.419 e. The van der Waals surface area contributed by atoms with Gasteiger partial charge in [0.2, 0.25) is 0 Å². The van der Waals surface area contributed by atoms with Crippen molar-refractivity contribution in [2.75, 3.05) is 0 Å². The molecule has 2 aromatic heterocycles. The highest BCUT2D eigenvalue weighted by Crippen LogP contribution is 2.29. The number of nitrogens with zero attached hydrogens (tertiary/aromatic N) is 3. The van der Waals surface area contributed by atoms with Gasteiger partial charge in [-0.05, 0) is 50.6 Å². The largest absolute Gasteiger partial charge is 0.443 e. The Bertz CT molecular complexity index is 1470. The molecule has 10 heteroatoms. The number of rotatable bonds is 4. The van der Waals surface area contributed by atoms with Gasteiger partial charge in [0.1, 0.15) is 11.3 Å². The summed E-state index contributed by atoms with van der Waals surface area (Å²) in [5.41, 5.74) is 5.49. The highest BCUT2D eigenvalue weighted by molar-refractivity contribution is 6.13. The quantitative estimate of drug-likeness (QED) is 0.234. The Morgan fingerprint density at radius 2 is 1.71 bits per heavy atom. The lowest BCUT2D eigenvalue weighted by Crippen LogP contribution is -2.27. The van der Waals surface area contributed by atoms with Gasteiger partial charge in [0.05, 0.1) is 23.4 Å². The van der Waals surface area contributed by atoms with Gasteiger partial charge in [-0.2, -0.15) is 5.10 Å². The summed E-state index contributed by atoms with van der Waals surface area (Å²) in [4.78, 5) is 41.2. The first-order valence-corrected chi connectivity index (χ1v) is 10.7. The molecule has 0 fully saturated rings. The summed E-state index contributed by atoms with van der Waals surface area (Å²) in [6, 6.07) is 15.2. The van der Waals surface area contributed by atoms with Crippen LogP contribution in [0.1, 0.15) is 47.2 Å². The molecule has 2 heterocycles. The summed E-state index contributed by atoms with van der Waals surface area (Å²) >= 11 is 0. The average Bonchev–Trinajstić information content (AvgIpc) is 3.16. The van der Waals surface area contributed by atoms with E-state index in [9.17, 15) is 14.4 Å². The Morgan fingerprint density at radius 1 is 1.00 bits per heavy atom. The van der Waals surface area contributed by atoms with E-state index in [1.54, 1.807) is 50.5 Å². The van der Waals surface area contributed by atoms with Crippen molar-refractivity contribution in [3.05, 3.63) is 77.6 Å². The summed E-state index contributed by atoms with van der Waals surface area (Å²) in [7, 11) is 0. The van der Waals surface area contributed by atoms with Gasteiger partial charge in [0.15, 0.2) is 0 Å². The second kappa shape index (κ2) is 9.35. The molecule has 35 heavy (non-hydrogen) atoms. The second-order valence-electron chi connectivity index (χ2n) is 8.68. The lowest BCUT2D eigenvalue weighted by molar-refractivity contribution is 0.0551. The molecule has 0 radical (unpaired) electrons. The van der Waals surface area contributed by atoms with E-state index in [1.807, 2.05) is 18.2 Å². The number of para-hydroxylation sites is 1. The maximum absolute atomic E-state index is 12.9. The Hall–Kier alpha value is -4.57. The predicted molar refractivity (Wildman–Crippen MR) is 130 cm³/mol. The highest BCUT2D eigenvalue weighted by Gasteiger charge is 2.23. The Morgan fingerprint density at radius 3 is 2.40 bits per heavy atom. The molecule has 178 valence electrons. The van der Waals surface area contributed by atoms with E-state index >= 15 is 0 Å². The van der Waals surface area contributed by atoms with E-state index in [0.717, 1.165) is 5.39 Å². The van der Waals surface area contributed by atoms with Crippen molar-refractivity contribution < 1.29 is 24.3 Å². The van der Waals surface area contributed by atoms with Crippen LogP contribution in [0.4, 0.5) is 4.79 Å². The SMILES string of the molecule is CC(C)(C)OC(=O)n1c2ccccc2c2cc(C(=O)N/N=C/c3ccc(C(=O)NO)cc3)ncc21. The molecule has 0 aliphatic heterocycles. The van der Waals surface area contributed by atoms with Crippen LogP contribution in [0.3, 0.4) is 0 Å².